The molecule has 0 unspecified atom stereocenters. The predicted octanol–water partition coefficient (Wildman–Crippen LogP) is 3.92. The minimum atomic E-state index is -0.742. The first kappa shape index (κ1) is 20.3. The van der Waals surface area contributed by atoms with Crippen LogP contribution in [0.3, 0.4) is 0 Å². The molecule has 0 saturated heterocycles. The van der Waals surface area contributed by atoms with Crippen LogP contribution in [0.1, 0.15) is 16.7 Å². The number of para-hydroxylation sites is 1. The number of hydrogen-bond donors (Lipinski definition) is 2. The summed E-state index contributed by atoms with van der Waals surface area (Å²) in [7, 11) is 1.54. The minimum absolute atomic E-state index is 0.0410. The maximum Gasteiger partial charge on any atom is 0.335 e. The van der Waals surface area contributed by atoms with Gasteiger partial charge in [0.25, 0.3) is 5.56 Å². The molecule has 2 heterocycles. The Balaban J connectivity index is 1.72. The van der Waals surface area contributed by atoms with E-state index in [1.165, 1.54) is 7.11 Å². The third kappa shape index (κ3) is 3.55. The number of aromatic nitrogens is 2. The van der Waals surface area contributed by atoms with Gasteiger partial charge >= 0.3 is 5.69 Å². The van der Waals surface area contributed by atoms with Crippen LogP contribution >= 0.6 is 0 Å². The highest BCUT2D eigenvalue weighted by Crippen LogP contribution is 2.38. The number of aliphatic imine (C=N–C) groups is 1. The van der Waals surface area contributed by atoms with Gasteiger partial charge in [-0.3, -0.25) is 9.78 Å². The van der Waals surface area contributed by atoms with E-state index in [0.29, 0.717) is 22.7 Å². The lowest BCUT2D eigenvalue weighted by Gasteiger charge is -2.12. The maximum absolute atomic E-state index is 12.8. The zero-order chi connectivity index (χ0) is 22.9. The Kier molecular flexibility index (Phi) is 4.99. The Morgan fingerprint density at radius 3 is 2.36 bits per heavy atom. The van der Waals surface area contributed by atoms with Gasteiger partial charge in [-0.15, -0.1) is 0 Å². The van der Waals surface area contributed by atoms with E-state index in [0.717, 1.165) is 21.4 Å². The number of benzene rings is 3. The Morgan fingerprint density at radius 1 is 0.939 bits per heavy atom. The lowest BCUT2D eigenvalue weighted by atomic mass is 9.96. The summed E-state index contributed by atoms with van der Waals surface area (Å²) in [5, 5.41) is 11.0. The number of H-pyrrole nitrogens is 1. The van der Waals surface area contributed by atoms with Crippen LogP contribution in [-0.2, 0) is 0 Å². The SMILES string of the molecule is COc1ccc(-n2c(O)c(/C=C3/C(c4ccccc4)=Nc4ccccc43)c(=O)[nH]c2=O)cc1. The quantitative estimate of drug-likeness (QED) is 0.506. The Labute approximate surface area is 188 Å². The number of aromatic hydroxyl groups is 1. The van der Waals surface area contributed by atoms with Crippen LogP contribution in [0.25, 0.3) is 17.3 Å². The van der Waals surface area contributed by atoms with Gasteiger partial charge in [0, 0.05) is 16.7 Å². The molecule has 1 aliphatic rings. The topological polar surface area (TPSA) is 96.7 Å². The third-order valence-electron chi connectivity index (χ3n) is 5.47. The first-order valence-electron chi connectivity index (χ1n) is 10.2. The molecule has 1 aromatic heterocycles. The van der Waals surface area contributed by atoms with Gasteiger partial charge in [0.1, 0.15) is 11.3 Å². The molecule has 0 bridgehead atoms. The number of fused-ring (bicyclic) bond motifs is 1. The van der Waals surface area contributed by atoms with E-state index >= 15 is 0 Å². The molecule has 0 aliphatic carbocycles. The van der Waals surface area contributed by atoms with Gasteiger partial charge in [-0.1, -0.05) is 48.5 Å². The molecule has 0 fully saturated rings. The van der Waals surface area contributed by atoms with Crippen molar-refractivity contribution in [2.24, 2.45) is 4.99 Å². The molecule has 0 amide bonds. The fourth-order valence-electron chi connectivity index (χ4n) is 3.85. The molecule has 3 aromatic carbocycles. The summed E-state index contributed by atoms with van der Waals surface area (Å²) in [6.07, 6.45) is 1.57. The molecule has 5 rings (SSSR count). The van der Waals surface area contributed by atoms with E-state index in [1.54, 1.807) is 30.3 Å². The molecule has 0 saturated carbocycles. The van der Waals surface area contributed by atoms with Crippen molar-refractivity contribution in [3.63, 3.8) is 0 Å². The summed E-state index contributed by atoms with van der Waals surface area (Å²) in [5.41, 5.74) is 2.74. The molecule has 7 nitrogen and oxygen atoms in total. The third-order valence-corrected chi connectivity index (χ3v) is 5.47. The molecule has 0 radical (unpaired) electrons. The van der Waals surface area contributed by atoms with Crippen molar-refractivity contribution in [1.29, 1.82) is 0 Å². The monoisotopic (exact) mass is 437 g/mol. The van der Waals surface area contributed by atoms with Crippen molar-refractivity contribution in [2.75, 3.05) is 7.11 Å². The first-order chi connectivity index (χ1) is 16.1. The number of nitrogens with one attached hydrogen (secondary N) is 1. The van der Waals surface area contributed by atoms with Crippen LogP contribution in [0.2, 0.25) is 0 Å². The molecule has 2 N–H and O–H groups in total. The average Bonchev–Trinajstić information content (AvgIpc) is 3.21. The number of nitrogens with zero attached hydrogens (tertiary/aromatic N) is 2. The predicted molar refractivity (Wildman–Crippen MR) is 128 cm³/mol. The van der Waals surface area contributed by atoms with E-state index in [-0.39, 0.29) is 5.56 Å². The molecule has 4 aromatic rings. The molecule has 162 valence electrons. The van der Waals surface area contributed by atoms with Crippen molar-refractivity contribution in [3.8, 4) is 17.3 Å². The van der Waals surface area contributed by atoms with Gasteiger partial charge in [0.2, 0.25) is 5.88 Å². The molecule has 1 aliphatic heterocycles. The van der Waals surface area contributed by atoms with Crippen LogP contribution in [0, 0.1) is 0 Å². The van der Waals surface area contributed by atoms with E-state index in [4.69, 9.17) is 9.73 Å². The molecule has 0 spiro atoms. The number of methoxy groups -OCH3 is 1. The van der Waals surface area contributed by atoms with Crippen LogP contribution in [0.15, 0.2) is 93.4 Å². The Morgan fingerprint density at radius 2 is 1.64 bits per heavy atom. The molecule has 33 heavy (non-hydrogen) atoms. The lowest BCUT2D eigenvalue weighted by Crippen LogP contribution is -2.30. The van der Waals surface area contributed by atoms with Crippen molar-refractivity contribution in [1.82, 2.24) is 9.55 Å². The number of hydrogen-bond acceptors (Lipinski definition) is 5. The smallest absolute Gasteiger partial charge is 0.335 e. The van der Waals surface area contributed by atoms with E-state index in [2.05, 4.69) is 4.98 Å². The van der Waals surface area contributed by atoms with Crippen LogP contribution in [-0.4, -0.2) is 27.5 Å². The normalized spacial score (nSPS) is 13.6. The second kappa shape index (κ2) is 8.12. The Hall–Kier alpha value is -4.65. The lowest BCUT2D eigenvalue weighted by molar-refractivity contribution is 0.414. The van der Waals surface area contributed by atoms with Gasteiger partial charge in [0.15, 0.2) is 0 Å². The summed E-state index contributed by atoms with van der Waals surface area (Å²) in [5.74, 6) is 0.141. The summed E-state index contributed by atoms with van der Waals surface area (Å²) in [4.78, 5) is 32.4. The zero-order valence-electron chi connectivity index (χ0n) is 17.6. The van der Waals surface area contributed by atoms with Crippen LogP contribution < -0.4 is 16.0 Å². The molecule has 0 atom stereocenters. The largest absolute Gasteiger partial charge is 0.497 e. The van der Waals surface area contributed by atoms with Gasteiger partial charge < -0.3 is 9.84 Å². The van der Waals surface area contributed by atoms with Crippen molar-refractivity contribution < 1.29 is 9.84 Å². The number of rotatable bonds is 4. The maximum atomic E-state index is 12.8. The van der Waals surface area contributed by atoms with Crippen molar-refractivity contribution in [3.05, 3.63) is 116 Å². The zero-order valence-corrected chi connectivity index (χ0v) is 17.6. The van der Waals surface area contributed by atoms with E-state index < -0.39 is 17.1 Å². The minimum Gasteiger partial charge on any atom is -0.497 e. The second-order valence-electron chi connectivity index (χ2n) is 7.43. The standard InChI is InChI=1S/C26H19N3O4/c1-33-18-13-11-17(12-14-18)29-25(31)21(24(30)28-26(29)32)15-20-19-9-5-6-10-22(19)27-23(20)16-7-3-2-4-8-16/h2-15,31H,1H3,(H,28,30,32)/b20-15+. The van der Waals surface area contributed by atoms with Crippen molar-refractivity contribution >= 4 is 23.0 Å². The molecular formula is C26H19N3O4. The fraction of sp³-hybridized carbons (Fsp3) is 0.0385. The Bertz CT molecular complexity index is 1530. The summed E-state index contributed by atoms with van der Waals surface area (Å²) >= 11 is 0. The van der Waals surface area contributed by atoms with Gasteiger partial charge in [-0.2, -0.15) is 0 Å². The summed E-state index contributed by atoms with van der Waals surface area (Å²) in [6, 6.07) is 23.7. The second-order valence-corrected chi connectivity index (χ2v) is 7.43. The van der Waals surface area contributed by atoms with Gasteiger partial charge in [-0.25, -0.2) is 14.4 Å². The van der Waals surface area contributed by atoms with Gasteiger partial charge in [0.05, 0.1) is 24.2 Å². The van der Waals surface area contributed by atoms with E-state index in [9.17, 15) is 14.7 Å². The van der Waals surface area contributed by atoms with E-state index in [1.807, 2.05) is 54.6 Å². The first-order valence-corrected chi connectivity index (χ1v) is 10.2. The summed E-state index contributed by atoms with van der Waals surface area (Å²) in [6.45, 7) is 0. The van der Waals surface area contributed by atoms with Crippen LogP contribution in [0.4, 0.5) is 5.69 Å². The number of ether oxygens (including phenoxy) is 1. The highest BCUT2D eigenvalue weighted by molar-refractivity contribution is 6.39. The number of allylic oxidation sites excluding steroid dienone is 1. The summed E-state index contributed by atoms with van der Waals surface area (Å²) < 4.78 is 6.20. The highest BCUT2D eigenvalue weighted by atomic mass is 16.5. The molecule has 7 heteroatoms. The molecular weight excluding hydrogens is 418 g/mol. The highest BCUT2D eigenvalue weighted by Gasteiger charge is 2.24. The number of aromatic amines is 1. The van der Waals surface area contributed by atoms with Gasteiger partial charge in [-0.05, 0) is 36.4 Å². The van der Waals surface area contributed by atoms with Crippen LogP contribution in [0.5, 0.6) is 11.6 Å². The fourth-order valence-corrected chi connectivity index (χ4v) is 3.85. The average molecular weight is 437 g/mol. The van der Waals surface area contributed by atoms with Crippen molar-refractivity contribution in [2.45, 2.75) is 0 Å².